The number of amides is 1. The SMILES string of the molecule is O=C(C[C@H](C1=Cc2ccccc2OC1)c1c(O)cc(O)c2c(=O)cc(-c3ccccc3)oc12)N1CCOCC1. The van der Waals surface area contributed by atoms with Gasteiger partial charge in [0, 0.05) is 54.3 Å². The maximum Gasteiger partial charge on any atom is 0.223 e. The van der Waals surface area contributed by atoms with Gasteiger partial charge in [-0.25, -0.2) is 0 Å². The summed E-state index contributed by atoms with van der Waals surface area (Å²) in [6, 6.07) is 19.1. The van der Waals surface area contributed by atoms with Crippen LogP contribution in [0.15, 0.2) is 81.5 Å². The first-order valence-electron chi connectivity index (χ1n) is 12.9. The Bertz CT molecular complexity index is 1630. The quantitative estimate of drug-likeness (QED) is 0.389. The molecule has 6 rings (SSSR count). The van der Waals surface area contributed by atoms with Crippen LogP contribution in [0.3, 0.4) is 0 Å². The molecule has 39 heavy (non-hydrogen) atoms. The molecule has 198 valence electrons. The van der Waals surface area contributed by atoms with E-state index in [9.17, 15) is 19.8 Å². The Hall–Kier alpha value is -4.56. The van der Waals surface area contributed by atoms with E-state index < -0.39 is 17.1 Å². The molecule has 4 aromatic rings. The van der Waals surface area contributed by atoms with Crippen molar-refractivity contribution in [2.24, 2.45) is 0 Å². The van der Waals surface area contributed by atoms with Crippen LogP contribution in [0.4, 0.5) is 0 Å². The number of carbonyl (C=O) groups is 1. The number of rotatable bonds is 5. The molecule has 1 saturated heterocycles. The predicted molar refractivity (Wildman–Crippen MR) is 146 cm³/mol. The number of ether oxygens (including phenoxy) is 2. The highest BCUT2D eigenvalue weighted by atomic mass is 16.5. The molecule has 0 aliphatic carbocycles. The van der Waals surface area contributed by atoms with Gasteiger partial charge in [0.15, 0.2) is 5.43 Å². The van der Waals surface area contributed by atoms with Crippen LogP contribution < -0.4 is 10.2 Å². The fraction of sp³-hybridized carbons (Fsp3) is 0.226. The van der Waals surface area contributed by atoms with Crippen molar-refractivity contribution in [1.82, 2.24) is 4.90 Å². The zero-order valence-electron chi connectivity index (χ0n) is 21.1. The summed E-state index contributed by atoms with van der Waals surface area (Å²) >= 11 is 0. The van der Waals surface area contributed by atoms with Crippen molar-refractivity contribution in [3.05, 3.63) is 93.7 Å². The van der Waals surface area contributed by atoms with E-state index in [2.05, 4.69) is 0 Å². The largest absolute Gasteiger partial charge is 0.507 e. The third-order valence-corrected chi connectivity index (χ3v) is 7.25. The van der Waals surface area contributed by atoms with Gasteiger partial charge in [-0.1, -0.05) is 48.5 Å². The molecule has 0 spiro atoms. The van der Waals surface area contributed by atoms with E-state index in [1.165, 1.54) is 6.07 Å². The Morgan fingerprint density at radius 1 is 0.949 bits per heavy atom. The zero-order chi connectivity index (χ0) is 26.9. The molecule has 2 N–H and O–H groups in total. The highest BCUT2D eigenvalue weighted by Gasteiger charge is 2.32. The van der Waals surface area contributed by atoms with Crippen molar-refractivity contribution >= 4 is 23.0 Å². The summed E-state index contributed by atoms with van der Waals surface area (Å²) in [6.07, 6.45) is 1.96. The van der Waals surface area contributed by atoms with Gasteiger partial charge in [-0.05, 0) is 17.7 Å². The average molecular weight is 526 g/mol. The highest BCUT2D eigenvalue weighted by molar-refractivity contribution is 5.91. The number of hydrogen-bond acceptors (Lipinski definition) is 7. The van der Waals surface area contributed by atoms with Crippen molar-refractivity contribution in [3.8, 4) is 28.6 Å². The highest BCUT2D eigenvalue weighted by Crippen LogP contribution is 2.45. The molecular formula is C31H27NO7. The van der Waals surface area contributed by atoms with Gasteiger partial charge in [-0.15, -0.1) is 0 Å². The lowest BCUT2D eigenvalue weighted by atomic mass is 9.84. The van der Waals surface area contributed by atoms with E-state index in [0.29, 0.717) is 31.9 Å². The van der Waals surface area contributed by atoms with Gasteiger partial charge in [0.1, 0.15) is 40.6 Å². The number of benzene rings is 3. The molecule has 3 heterocycles. The first-order chi connectivity index (χ1) is 19.0. The van der Waals surface area contributed by atoms with Crippen LogP contribution in [-0.2, 0) is 9.53 Å². The van der Waals surface area contributed by atoms with Crippen LogP contribution in [-0.4, -0.2) is 53.9 Å². The smallest absolute Gasteiger partial charge is 0.223 e. The van der Waals surface area contributed by atoms with Gasteiger partial charge >= 0.3 is 0 Å². The number of morpholine rings is 1. The molecule has 0 saturated carbocycles. The molecule has 8 nitrogen and oxygen atoms in total. The number of aromatic hydroxyl groups is 2. The minimum Gasteiger partial charge on any atom is -0.507 e. The third-order valence-electron chi connectivity index (χ3n) is 7.25. The molecule has 0 unspecified atom stereocenters. The van der Waals surface area contributed by atoms with Gasteiger partial charge in [0.2, 0.25) is 5.91 Å². The number of carbonyl (C=O) groups excluding carboxylic acids is 1. The van der Waals surface area contributed by atoms with Gasteiger partial charge in [0.25, 0.3) is 0 Å². The fourth-order valence-electron chi connectivity index (χ4n) is 5.27. The first-order valence-corrected chi connectivity index (χ1v) is 12.9. The molecule has 1 aromatic heterocycles. The monoisotopic (exact) mass is 525 g/mol. The van der Waals surface area contributed by atoms with Gasteiger partial charge < -0.3 is 29.0 Å². The lowest BCUT2D eigenvalue weighted by molar-refractivity contribution is -0.135. The standard InChI is InChI=1S/C31H27NO7/c33-23-16-24(34)30-25(35)17-27(19-6-2-1-3-7-19)39-31(30)29(23)22(15-28(36)32-10-12-37-13-11-32)21-14-20-8-4-5-9-26(20)38-18-21/h1-9,14,16-17,22,33-34H,10-13,15,18H2/t22-/m1/s1. The molecule has 1 atom stereocenters. The number of para-hydroxylation sites is 1. The summed E-state index contributed by atoms with van der Waals surface area (Å²) in [7, 11) is 0. The number of fused-ring (bicyclic) bond motifs is 2. The van der Waals surface area contributed by atoms with Crippen LogP contribution in [0.1, 0.15) is 23.5 Å². The van der Waals surface area contributed by atoms with Crippen molar-refractivity contribution in [2.45, 2.75) is 12.3 Å². The number of nitrogens with zero attached hydrogens (tertiary/aromatic N) is 1. The van der Waals surface area contributed by atoms with Crippen LogP contribution in [0.25, 0.3) is 28.4 Å². The first kappa shape index (κ1) is 24.8. The molecular weight excluding hydrogens is 498 g/mol. The van der Waals surface area contributed by atoms with E-state index in [-0.39, 0.29) is 47.0 Å². The van der Waals surface area contributed by atoms with Gasteiger partial charge in [-0.3, -0.25) is 9.59 Å². The second-order valence-electron chi connectivity index (χ2n) is 9.67. The average Bonchev–Trinajstić information content (AvgIpc) is 2.96. The van der Waals surface area contributed by atoms with Gasteiger partial charge in [0.05, 0.1) is 13.2 Å². The number of phenols is 2. The third kappa shape index (κ3) is 4.75. The minimum absolute atomic E-state index is 0.00404. The Morgan fingerprint density at radius 2 is 1.69 bits per heavy atom. The zero-order valence-corrected chi connectivity index (χ0v) is 21.1. The molecule has 1 amide bonds. The Morgan fingerprint density at radius 3 is 2.49 bits per heavy atom. The summed E-state index contributed by atoms with van der Waals surface area (Å²) in [4.78, 5) is 28.5. The summed E-state index contributed by atoms with van der Waals surface area (Å²) < 4.78 is 17.7. The van der Waals surface area contributed by atoms with E-state index in [1.54, 1.807) is 17.0 Å². The second kappa shape index (κ2) is 10.3. The van der Waals surface area contributed by atoms with E-state index in [4.69, 9.17) is 13.9 Å². The van der Waals surface area contributed by atoms with Crippen molar-refractivity contribution in [2.75, 3.05) is 32.9 Å². The molecule has 0 radical (unpaired) electrons. The fourth-order valence-corrected chi connectivity index (χ4v) is 5.27. The Kier molecular flexibility index (Phi) is 6.54. The molecule has 1 fully saturated rings. The van der Waals surface area contributed by atoms with Crippen LogP contribution in [0.2, 0.25) is 0 Å². The van der Waals surface area contributed by atoms with Crippen LogP contribution >= 0.6 is 0 Å². The lowest BCUT2D eigenvalue weighted by Gasteiger charge is -2.30. The lowest BCUT2D eigenvalue weighted by Crippen LogP contribution is -2.41. The van der Waals surface area contributed by atoms with Gasteiger partial charge in [-0.2, -0.15) is 0 Å². The van der Waals surface area contributed by atoms with E-state index in [1.807, 2.05) is 48.5 Å². The minimum atomic E-state index is -0.689. The Balaban J connectivity index is 1.55. The molecule has 3 aromatic carbocycles. The number of hydrogen-bond donors (Lipinski definition) is 2. The van der Waals surface area contributed by atoms with Crippen molar-refractivity contribution in [3.63, 3.8) is 0 Å². The van der Waals surface area contributed by atoms with Crippen LogP contribution in [0.5, 0.6) is 17.2 Å². The van der Waals surface area contributed by atoms with E-state index in [0.717, 1.165) is 23.0 Å². The molecule has 0 bridgehead atoms. The van der Waals surface area contributed by atoms with Crippen LogP contribution in [0, 0.1) is 0 Å². The normalized spacial score (nSPS) is 15.8. The maximum atomic E-state index is 13.5. The van der Waals surface area contributed by atoms with Crippen molar-refractivity contribution in [1.29, 1.82) is 0 Å². The second-order valence-corrected chi connectivity index (χ2v) is 9.67. The molecule has 2 aliphatic rings. The maximum absolute atomic E-state index is 13.5. The molecule has 8 heteroatoms. The van der Waals surface area contributed by atoms with Crippen molar-refractivity contribution < 1.29 is 28.9 Å². The molecule has 2 aliphatic heterocycles. The summed E-state index contributed by atoms with van der Waals surface area (Å²) in [6.45, 7) is 2.04. The predicted octanol–water partition coefficient (Wildman–Crippen LogP) is 4.68. The summed E-state index contributed by atoms with van der Waals surface area (Å²) in [5.41, 5.74) is 2.10. The summed E-state index contributed by atoms with van der Waals surface area (Å²) in [5, 5.41) is 21.9. The number of phenolic OH excluding ortho intramolecular Hbond substituents is 2. The summed E-state index contributed by atoms with van der Waals surface area (Å²) in [5.74, 6) is -0.463. The topological polar surface area (TPSA) is 109 Å². The van der Waals surface area contributed by atoms with E-state index >= 15 is 0 Å². The Labute approximate surface area is 224 Å².